The molecule has 0 atom stereocenters. The summed E-state index contributed by atoms with van der Waals surface area (Å²) in [6.45, 7) is 22.2. The van der Waals surface area contributed by atoms with E-state index in [9.17, 15) is 10.1 Å². The van der Waals surface area contributed by atoms with E-state index >= 15 is 0 Å². The minimum Gasteiger partial charge on any atom is -0.493 e. The zero-order valence-corrected chi connectivity index (χ0v) is 29.0. The molecule has 1 aliphatic rings. The molecule has 1 aromatic carbocycles. The molecule has 0 N–H and O–H groups in total. The van der Waals surface area contributed by atoms with Crippen LogP contribution in [0.5, 0.6) is 5.75 Å². The Morgan fingerprint density at radius 3 is 2.39 bits per heavy atom. The van der Waals surface area contributed by atoms with E-state index in [0.29, 0.717) is 25.7 Å². The van der Waals surface area contributed by atoms with Crippen molar-refractivity contribution in [3.63, 3.8) is 0 Å². The number of aromatic nitrogens is 3. The van der Waals surface area contributed by atoms with Crippen molar-refractivity contribution in [2.24, 2.45) is 5.92 Å². The molecule has 1 fully saturated rings. The number of amides is 1. The predicted molar refractivity (Wildman–Crippen MR) is 176 cm³/mol. The summed E-state index contributed by atoms with van der Waals surface area (Å²) in [7, 11) is -1.86. The fourth-order valence-corrected chi connectivity index (χ4v) is 6.19. The number of piperidine rings is 1. The number of nitriles is 1. The Morgan fingerprint density at radius 2 is 1.77 bits per heavy atom. The first-order valence-corrected chi connectivity index (χ1v) is 18.6. The second kappa shape index (κ2) is 13.3. The lowest BCUT2D eigenvalue weighted by molar-refractivity contribution is 0.0177. The van der Waals surface area contributed by atoms with Gasteiger partial charge in [-0.05, 0) is 101 Å². The first-order valence-electron chi connectivity index (χ1n) is 15.7. The van der Waals surface area contributed by atoms with Gasteiger partial charge in [0.1, 0.15) is 23.1 Å². The van der Waals surface area contributed by atoms with E-state index in [1.165, 1.54) is 0 Å². The Morgan fingerprint density at radius 1 is 1.07 bits per heavy atom. The molecule has 0 saturated carbocycles. The van der Waals surface area contributed by atoms with Crippen LogP contribution in [-0.2, 0) is 15.7 Å². The molecule has 4 rings (SSSR count). The smallest absolute Gasteiger partial charge is 0.410 e. The molecule has 9 nitrogen and oxygen atoms in total. The quantitative estimate of drug-likeness (QED) is 0.226. The van der Waals surface area contributed by atoms with Gasteiger partial charge in [0.05, 0.1) is 18.9 Å². The van der Waals surface area contributed by atoms with Crippen molar-refractivity contribution in [3.8, 4) is 23.1 Å². The van der Waals surface area contributed by atoms with Gasteiger partial charge in [-0.3, -0.25) is 0 Å². The fourth-order valence-electron chi connectivity index (χ4n) is 5.16. The first-order chi connectivity index (χ1) is 20.6. The lowest BCUT2D eigenvalue weighted by Crippen LogP contribution is -2.41. The van der Waals surface area contributed by atoms with Gasteiger partial charge < -0.3 is 23.4 Å². The molecule has 0 radical (unpaired) electrons. The number of fused-ring (bicyclic) bond motifs is 1. The molecule has 0 aliphatic carbocycles. The standard InChI is InChI=1S/C34H49N5O4Si/c1-24-22-26(10-11-28(24)41-20-15-25-12-16-39(17-13-25)32(40)43-33(2,3)4)30-27-14-18-38(31(27)37-29(23-35)36-30)19-21-42-44(8,9)34(5,6)7/h10-11,14,18,22,25H,12-13,15-17,19-21H2,1-9H3. The van der Waals surface area contributed by atoms with Crippen molar-refractivity contribution in [1.29, 1.82) is 5.26 Å². The SMILES string of the molecule is Cc1cc(-c2nc(C#N)nc3c2ccn3CCO[Si](C)(C)C(C)(C)C)ccc1OCCC1CCN(C(=O)OC(C)(C)C)CC1. The number of ether oxygens (including phenoxy) is 2. The Kier molecular flexibility index (Phi) is 10.1. The van der Waals surface area contributed by atoms with Crippen LogP contribution in [0, 0.1) is 24.2 Å². The van der Waals surface area contributed by atoms with E-state index in [1.807, 2.05) is 57.0 Å². The number of carbonyl (C=O) groups excluding carboxylic acids is 1. The number of hydrogen-bond donors (Lipinski definition) is 0. The normalized spacial score (nSPS) is 15.0. The number of hydrogen-bond acceptors (Lipinski definition) is 7. The van der Waals surface area contributed by atoms with Crippen molar-refractivity contribution in [2.45, 2.75) is 98.0 Å². The highest BCUT2D eigenvalue weighted by atomic mass is 28.4. The zero-order chi connectivity index (χ0) is 32.3. The Hall–Kier alpha value is -3.42. The Bertz CT molecular complexity index is 1500. The number of likely N-dealkylation sites (tertiary alicyclic amines) is 1. The van der Waals surface area contributed by atoms with Crippen molar-refractivity contribution in [1.82, 2.24) is 19.4 Å². The second-order valence-electron chi connectivity index (χ2n) is 14.4. The average molecular weight is 620 g/mol. The van der Waals surface area contributed by atoms with Crippen LogP contribution < -0.4 is 4.74 Å². The minimum absolute atomic E-state index is 0.143. The Labute approximate surface area is 263 Å². The van der Waals surface area contributed by atoms with Gasteiger partial charge in [0, 0.05) is 36.8 Å². The van der Waals surface area contributed by atoms with E-state index in [4.69, 9.17) is 13.9 Å². The van der Waals surface area contributed by atoms with Gasteiger partial charge in [-0.1, -0.05) is 20.8 Å². The van der Waals surface area contributed by atoms with Gasteiger partial charge in [0.15, 0.2) is 8.32 Å². The molecule has 1 aliphatic heterocycles. The monoisotopic (exact) mass is 619 g/mol. The van der Waals surface area contributed by atoms with Gasteiger partial charge >= 0.3 is 6.09 Å². The van der Waals surface area contributed by atoms with Crippen LogP contribution in [0.3, 0.4) is 0 Å². The third-order valence-corrected chi connectivity index (χ3v) is 13.4. The number of benzene rings is 1. The van der Waals surface area contributed by atoms with Crippen LogP contribution in [0.1, 0.15) is 72.2 Å². The zero-order valence-electron chi connectivity index (χ0n) is 28.0. The van der Waals surface area contributed by atoms with Gasteiger partial charge in [-0.15, -0.1) is 0 Å². The topological polar surface area (TPSA) is 103 Å². The molecule has 10 heteroatoms. The highest BCUT2D eigenvalue weighted by Crippen LogP contribution is 2.37. The lowest BCUT2D eigenvalue weighted by Gasteiger charge is -2.36. The van der Waals surface area contributed by atoms with Crippen molar-refractivity contribution >= 4 is 25.4 Å². The van der Waals surface area contributed by atoms with Crippen LogP contribution in [0.4, 0.5) is 4.79 Å². The summed E-state index contributed by atoms with van der Waals surface area (Å²) in [5.41, 5.74) is 2.93. The molecule has 3 aromatic rings. The van der Waals surface area contributed by atoms with Crippen LogP contribution in [0.25, 0.3) is 22.3 Å². The highest BCUT2D eigenvalue weighted by Gasteiger charge is 2.37. The predicted octanol–water partition coefficient (Wildman–Crippen LogP) is 7.72. The number of carbonyl (C=O) groups is 1. The van der Waals surface area contributed by atoms with Crippen LogP contribution in [0.2, 0.25) is 18.1 Å². The molecule has 2 aromatic heterocycles. The van der Waals surface area contributed by atoms with E-state index in [-0.39, 0.29) is 17.0 Å². The van der Waals surface area contributed by atoms with Crippen LogP contribution in [-0.4, -0.2) is 65.7 Å². The highest BCUT2D eigenvalue weighted by molar-refractivity contribution is 6.74. The summed E-state index contributed by atoms with van der Waals surface area (Å²) >= 11 is 0. The van der Waals surface area contributed by atoms with E-state index < -0.39 is 13.9 Å². The number of aryl methyl sites for hydroxylation is 1. The molecule has 3 heterocycles. The molecule has 0 unspecified atom stereocenters. The van der Waals surface area contributed by atoms with Gasteiger partial charge in [-0.25, -0.2) is 14.8 Å². The number of rotatable bonds is 9. The Balaban J connectivity index is 1.38. The third kappa shape index (κ3) is 8.19. The summed E-state index contributed by atoms with van der Waals surface area (Å²) in [6.07, 6.45) is 4.62. The molecular weight excluding hydrogens is 570 g/mol. The summed E-state index contributed by atoms with van der Waals surface area (Å²) in [5.74, 6) is 1.50. The molecule has 44 heavy (non-hydrogen) atoms. The maximum absolute atomic E-state index is 12.4. The molecule has 1 saturated heterocycles. The summed E-state index contributed by atoms with van der Waals surface area (Å²) in [4.78, 5) is 23.3. The maximum atomic E-state index is 12.4. The van der Waals surface area contributed by atoms with Gasteiger partial charge in [-0.2, -0.15) is 5.26 Å². The summed E-state index contributed by atoms with van der Waals surface area (Å²) in [5, 5.41) is 10.8. The minimum atomic E-state index is -1.86. The van der Waals surface area contributed by atoms with E-state index in [2.05, 4.69) is 60.5 Å². The van der Waals surface area contributed by atoms with Gasteiger partial charge in [0.25, 0.3) is 0 Å². The van der Waals surface area contributed by atoms with Crippen molar-refractivity contribution < 1.29 is 18.7 Å². The average Bonchev–Trinajstić information content (AvgIpc) is 3.34. The lowest BCUT2D eigenvalue weighted by atomic mass is 9.94. The molecule has 0 spiro atoms. The maximum Gasteiger partial charge on any atom is 0.410 e. The fraction of sp³-hybridized carbons (Fsp3) is 0.588. The van der Waals surface area contributed by atoms with E-state index in [0.717, 1.165) is 66.0 Å². The summed E-state index contributed by atoms with van der Waals surface area (Å²) in [6, 6.07) is 10.2. The third-order valence-electron chi connectivity index (χ3n) is 8.82. The summed E-state index contributed by atoms with van der Waals surface area (Å²) < 4.78 is 20.2. The number of nitrogens with zero attached hydrogens (tertiary/aromatic N) is 5. The first kappa shape index (κ1) is 33.5. The molecule has 1 amide bonds. The van der Waals surface area contributed by atoms with Crippen LogP contribution in [0.15, 0.2) is 30.5 Å². The largest absolute Gasteiger partial charge is 0.493 e. The molecule has 238 valence electrons. The molecule has 0 bridgehead atoms. The molecular formula is C34H49N5O4Si. The second-order valence-corrected chi connectivity index (χ2v) is 19.2. The van der Waals surface area contributed by atoms with Crippen molar-refractivity contribution in [3.05, 3.63) is 41.9 Å². The van der Waals surface area contributed by atoms with Gasteiger partial charge in [0.2, 0.25) is 5.82 Å². The van der Waals surface area contributed by atoms with E-state index in [1.54, 1.807) is 0 Å². The van der Waals surface area contributed by atoms with Crippen molar-refractivity contribution in [2.75, 3.05) is 26.3 Å². The van der Waals surface area contributed by atoms with Crippen LogP contribution >= 0.6 is 0 Å².